The second kappa shape index (κ2) is 6.32. The highest BCUT2D eigenvalue weighted by atomic mass is 32.2. The first-order chi connectivity index (χ1) is 9.17. The van der Waals surface area contributed by atoms with Crippen LogP contribution in [0.4, 0.5) is 5.95 Å². The van der Waals surface area contributed by atoms with Gasteiger partial charge in [-0.2, -0.15) is 20.1 Å². The highest BCUT2D eigenvalue weighted by Gasteiger charge is 2.11. The summed E-state index contributed by atoms with van der Waals surface area (Å²) in [6, 6.07) is 0.294. The van der Waals surface area contributed by atoms with E-state index in [1.165, 1.54) is 18.1 Å². The minimum Gasteiger partial charge on any atom is -0.461 e. The number of anilines is 1. The van der Waals surface area contributed by atoms with Gasteiger partial charge in [0.1, 0.15) is 6.33 Å². The lowest BCUT2D eigenvalue weighted by Gasteiger charge is -2.10. The summed E-state index contributed by atoms with van der Waals surface area (Å²) in [5.41, 5.74) is 0. The van der Waals surface area contributed by atoms with Crippen LogP contribution in [0.25, 0.3) is 0 Å². The molecule has 2 aromatic heterocycles. The van der Waals surface area contributed by atoms with Crippen LogP contribution in [0.15, 0.2) is 16.6 Å². The Hall–Kier alpha value is -1.90. The number of hydrogen-bond donors (Lipinski definition) is 2. The summed E-state index contributed by atoms with van der Waals surface area (Å²) in [6.07, 6.45) is 1.43. The van der Waals surface area contributed by atoms with Crippen molar-refractivity contribution in [3.05, 3.63) is 6.33 Å². The second-order valence-corrected chi connectivity index (χ2v) is 4.77. The smallest absolute Gasteiger partial charge is 0.322 e. The molecular weight excluding hydrogens is 266 g/mol. The Morgan fingerprint density at radius 1 is 1.37 bits per heavy atom. The lowest BCUT2D eigenvalue weighted by Crippen LogP contribution is -2.12. The molecule has 2 heterocycles. The van der Waals surface area contributed by atoms with Crippen molar-refractivity contribution in [2.24, 2.45) is 0 Å². The van der Waals surface area contributed by atoms with Crippen molar-refractivity contribution in [2.45, 2.75) is 37.2 Å². The molecule has 0 fully saturated rings. The topological polar surface area (TPSA) is 102 Å². The monoisotopic (exact) mass is 281 g/mol. The van der Waals surface area contributed by atoms with Crippen LogP contribution in [0.1, 0.15) is 20.8 Å². The zero-order valence-corrected chi connectivity index (χ0v) is 11.7. The van der Waals surface area contributed by atoms with Crippen molar-refractivity contribution in [2.75, 3.05) is 11.9 Å². The van der Waals surface area contributed by atoms with Gasteiger partial charge in [0.05, 0.1) is 6.10 Å². The van der Waals surface area contributed by atoms with E-state index < -0.39 is 0 Å². The predicted molar refractivity (Wildman–Crippen MR) is 70.3 cm³/mol. The molecule has 0 aromatic carbocycles. The van der Waals surface area contributed by atoms with Crippen LogP contribution in [0.2, 0.25) is 0 Å². The van der Waals surface area contributed by atoms with Gasteiger partial charge in [-0.15, -0.1) is 0 Å². The summed E-state index contributed by atoms with van der Waals surface area (Å²) in [5.74, 6) is 0.482. The Morgan fingerprint density at radius 3 is 2.84 bits per heavy atom. The Labute approximate surface area is 114 Å². The molecule has 0 atom stereocenters. The van der Waals surface area contributed by atoms with Crippen LogP contribution in [-0.4, -0.2) is 42.8 Å². The van der Waals surface area contributed by atoms with E-state index in [9.17, 15) is 0 Å². The van der Waals surface area contributed by atoms with Crippen LogP contribution in [0.5, 0.6) is 6.01 Å². The highest BCUT2D eigenvalue weighted by molar-refractivity contribution is 7.99. The van der Waals surface area contributed by atoms with Gasteiger partial charge >= 0.3 is 6.01 Å². The van der Waals surface area contributed by atoms with Crippen molar-refractivity contribution in [1.29, 1.82) is 0 Å². The lowest BCUT2D eigenvalue weighted by atomic mass is 10.5. The zero-order valence-electron chi connectivity index (χ0n) is 10.9. The number of aromatic amines is 1. The van der Waals surface area contributed by atoms with Crippen molar-refractivity contribution in [1.82, 2.24) is 30.1 Å². The third kappa shape index (κ3) is 4.05. The molecular formula is C10H15N7OS. The van der Waals surface area contributed by atoms with Crippen LogP contribution in [-0.2, 0) is 0 Å². The summed E-state index contributed by atoms with van der Waals surface area (Å²) in [6.45, 7) is 6.52. The van der Waals surface area contributed by atoms with Crippen molar-refractivity contribution in [3.8, 4) is 6.01 Å². The largest absolute Gasteiger partial charge is 0.461 e. The quantitative estimate of drug-likeness (QED) is 0.818. The summed E-state index contributed by atoms with van der Waals surface area (Å²) in [4.78, 5) is 16.7. The van der Waals surface area contributed by atoms with E-state index in [1.54, 1.807) is 0 Å². The Kier molecular flexibility index (Phi) is 4.50. The van der Waals surface area contributed by atoms with E-state index in [-0.39, 0.29) is 6.10 Å². The molecule has 2 rings (SSSR count). The SMILES string of the molecule is CCNc1nc(OC(C)C)nc(Sc2ncn[nH]2)n1. The van der Waals surface area contributed by atoms with Crippen LogP contribution < -0.4 is 10.1 Å². The summed E-state index contributed by atoms with van der Waals surface area (Å²) < 4.78 is 5.50. The van der Waals surface area contributed by atoms with E-state index in [0.29, 0.717) is 22.3 Å². The van der Waals surface area contributed by atoms with Crippen LogP contribution in [0.3, 0.4) is 0 Å². The van der Waals surface area contributed by atoms with E-state index in [1.807, 2.05) is 20.8 Å². The Bertz CT molecular complexity index is 517. The van der Waals surface area contributed by atoms with Gasteiger partial charge in [0.15, 0.2) is 5.16 Å². The fourth-order valence-corrected chi connectivity index (χ4v) is 1.84. The van der Waals surface area contributed by atoms with Crippen LogP contribution >= 0.6 is 11.8 Å². The molecule has 0 aliphatic heterocycles. The number of nitrogens with one attached hydrogen (secondary N) is 2. The first kappa shape index (κ1) is 13.5. The molecule has 0 radical (unpaired) electrons. The average Bonchev–Trinajstić information content (AvgIpc) is 2.81. The predicted octanol–water partition coefficient (Wildman–Crippen LogP) is 1.36. The van der Waals surface area contributed by atoms with Gasteiger partial charge in [0.2, 0.25) is 11.1 Å². The molecule has 2 aromatic rings. The van der Waals surface area contributed by atoms with Crippen molar-refractivity contribution in [3.63, 3.8) is 0 Å². The van der Waals surface area contributed by atoms with E-state index in [2.05, 4.69) is 35.5 Å². The van der Waals surface area contributed by atoms with Gasteiger partial charge in [-0.05, 0) is 32.5 Å². The van der Waals surface area contributed by atoms with Gasteiger partial charge in [-0.25, -0.2) is 4.98 Å². The van der Waals surface area contributed by atoms with E-state index in [0.717, 1.165) is 6.54 Å². The third-order valence-corrected chi connectivity index (χ3v) is 2.61. The molecule has 0 amide bonds. The fraction of sp³-hybridized carbons (Fsp3) is 0.500. The number of aromatic nitrogens is 6. The van der Waals surface area contributed by atoms with E-state index in [4.69, 9.17) is 4.74 Å². The normalized spacial score (nSPS) is 10.7. The molecule has 0 unspecified atom stereocenters. The molecule has 0 saturated carbocycles. The number of nitrogens with zero attached hydrogens (tertiary/aromatic N) is 5. The third-order valence-electron chi connectivity index (χ3n) is 1.85. The van der Waals surface area contributed by atoms with Gasteiger partial charge < -0.3 is 10.1 Å². The average molecular weight is 281 g/mol. The second-order valence-electron chi connectivity index (χ2n) is 3.81. The van der Waals surface area contributed by atoms with Gasteiger partial charge in [-0.1, -0.05) is 0 Å². The van der Waals surface area contributed by atoms with Gasteiger partial charge in [-0.3, -0.25) is 5.10 Å². The molecule has 2 N–H and O–H groups in total. The van der Waals surface area contributed by atoms with Crippen LogP contribution in [0, 0.1) is 0 Å². The number of H-pyrrole nitrogens is 1. The van der Waals surface area contributed by atoms with Gasteiger partial charge in [0.25, 0.3) is 0 Å². The molecule has 8 nitrogen and oxygen atoms in total. The lowest BCUT2D eigenvalue weighted by molar-refractivity contribution is 0.219. The summed E-state index contributed by atoms with van der Waals surface area (Å²) >= 11 is 1.26. The van der Waals surface area contributed by atoms with E-state index >= 15 is 0 Å². The minimum atomic E-state index is 0.00000554. The van der Waals surface area contributed by atoms with Crippen molar-refractivity contribution < 1.29 is 4.74 Å². The zero-order chi connectivity index (χ0) is 13.7. The molecule has 0 bridgehead atoms. The fourth-order valence-electron chi connectivity index (χ4n) is 1.21. The maximum Gasteiger partial charge on any atom is 0.322 e. The Balaban J connectivity index is 2.22. The van der Waals surface area contributed by atoms with Gasteiger partial charge in [0, 0.05) is 6.54 Å². The molecule has 0 spiro atoms. The standard InChI is InChI=1S/C10H15N7OS/c1-4-11-7-14-8(18-6(2)3)16-10(15-7)19-9-12-5-13-17-9/h5-6H,4H2,1-3H3,(H,12,13,17)(H,11,14,15,16). The summed E-state index contributed by atoms with van der Waals surface area (Å²) in [5, 5.41) is 10.7. The first-order valence-corrected chi connectivity index (χ1v) is 6.69. The summed E-state index contributed by atoms with van der Waals surface area (Å²) in [7, 11) is 0. The molecule has 102 valence electrons. The Morgan fingerprint density at radius 2 is 2.21 bits per heavy atom. The first-order valence-electron chi connectivity index (χ1n) is 5.87. The molecule has 19 heavy (non-hydrogen) atoms. The molecule has 0 aliphatic carbocycles. The highest BCUT2D eigenvalue weighted by Crippen LogP contribution is 2.22. The van der Waals surface area contributed by atoms with Crippen molar-refractivity contribution >= 4 is 17.7 Å². The molecule has 0 aliphatic rings. The maximum atomic E-state index is 5.50. The maximum absolute atomic E-state index is 5.50. The number of hydrogen-bond acceptors (Lipinski definition) is 8. The molecule has 9 heteroatoms. The molecule has 0 saturated heterocycles. The minimum absolute atomic E-state index is 0.00000554. The number of rotatable bonds is 6. The number of ether oxygens (including phenoxy) is 1.